The summed E-state index contributed by atoms with van der Waals surface area (Å²) in [6.07, 6.45) is 0.875. The second-order valence-electron chi connectivity index (χ2n) is 14.5. The van der Waals surface area contributed by atoms with E-state index >= 15 is 0 Å². The molecule has 0 aliphatic carbocycles. The van der Waals surface area contributed by atoms with Crippen molar-refractivity contribution in [2.24, 2.45) is 34.2 Å². The van der Waals surface area contributed by atoms with Crippen molar-refractivity contribution in [1.82, 2.24) is 5.32 Å². The summed E-state index contributed by atoms with van der Waals surface area (Å²) in [6, 6.07) is 11.8. The summed E-state index contributed by atoms with van der Waals surface area (Å²) >= 11 is 0. The van der Waals surface area contributed by atoms with Crippen molar-refractivity contribution in [1.29, 1.82) is 0 Å². The van der Waals surface area contributed by atoms with E-state index < -0.39 is 33.3 Å². The van der Waals surface area contributed by atoms with E-state index in [0.717, 1.165) is 17.5 Å². The van der Waals surface area contributed by atoms with Crippen molar-refractivity contribution in [2.75, 3.05) is 39.7 Å². The van der Waals surface area contributed by atoms with Crippen molar-refractivity contribution >= 4 is 15.7 Å². The Labute approximate surface area is 293 Å². The van der Waals surface area contributed by atoms with Gasteiger partial charge in [0.25, 0.3) is 0 Å². The number of aryl methyl sites for hydroxylation is 1. The molecule has 0 fully saturated rings. The van der Waals surface area contributed by atoms with E-state index in [1.54, 1.807) is 52.3 Å². The molecule has 0 aliphatic heterocycles. The molecular formula is C37H58N4O7S. The second kappa shape index (κ2) is 19.8. The maximum Gasteiger partial charge on any atom is 0.223 e. The molecule has 2 N–H and O–H groups in total. The zero-order valence-electron chi connectivity index (χ0n) is 30.8. The molecule has 0 radical (unpaired) electrons. The SMILES string of the molecule is COCCCOc1cc(C[C@@H](C[C@H](N=[N+]=[N-])[C@@H](O)C[C@H](C(=O)NCC(C)(C)CS(=O)(=O)c2ccc(C)cc2)C(C)C)C(C)C)ccc1OC. The Balaban J connectivity index is 2.13. The first-order valence-electron chi connectivity index (χ1n) is 17.1. The Morgan fingerprint density at radius 3 is 2.24 bits per heavy atom. The van der Waals surface area contributed by atoms with Gasteiger partial charge in [0, 0.05) is 37.5 Å². The first-order valence-corrected chi connectivity index (χ1v) is 18.8. The number of aliphatic hydroxyl groups excluding tert-OH is 1. The summed E-state index contributed by atoms with van der Waals surface area (Å²) in [6.45, 7) is 14.7. The van der Waals surface area contributed by atoms with Gasteiger partial charge in [-0.05, 0) is 84.7 Å². The molecule has 0 spiro atoms. The number of nitrogens with zero attached hydrogens (tertiary/aromatic N) is 3. The lowest BCUT2D eigenvalue weighted by molar-refractivity contribution is -0.128. The van der Waals surface area contributed by atoms with Gasteiger partial charge < -0.3 is 24.6 Å². The van der Waals surface area contributed by atoms with Crippen LogP contribution in [0.1, 0.15) is 71.9 Å². The monoisotopic (exact) mass is 702 g/mol. The third-order valence-electron chi connectivity index (χ3n) is 8.95. The van der Waals surface area contributed by atoms with Gasteiger partial charge >= 0.3 is 0 Å². The van der Waals surface area contributed by atoms with Crippen molar-refractivity contribution in [2.45, 2.75) is 91.2 Å². The third kappa shape index (κ3) is 13.8. The smallest absolute Gasteiger partial charge is 0.223 e. The number of carbonyl (C=O) groups excluding carboxylic acids is 1. The van der Waals surface area contributed by atoms with Crippen LogP contribution >= 0.6 is 0 Å². The molecule has 49 heavy (non-hydrogen) atoms. The highest BCUT2D eigenvalue weighted by molar-refractivity contribution is 7.91. The fraction of sp³-hybridized carbons (Fsp3) is 0.649. The van der Waals surface area contributed by atoms with Gasteiger partial charge in [0.05, 0.1) is 36.5 Å². The average molecular weight is 703 g/mol. The van der Waals surface area contributed by atoms with Crippen LogP contribution in [0.25, 0.3) is 10.4 Å². The van der Waals surface area contributed by atoms with E-state index in [0.29, 0.717) is 37.6 Å². The Bertz CT molecular complexity index is 1470. The fourth-order valence-corrected chi connectivity index (χ4v) is 7.70. The number of benzene rings is 2. The topological polar surface area (TPSA) is 160 Å². The minimum atomic E-state index is -3.57. The second-order valence-corrected chi connectivity index (χ2v) is 16.5. The maximum absolute atomic E-state index is 13.5. The van der Waals surface area contributed by atoms with Crippen LogP contribution in [0, 0.1) is 36.0 Å². The predicted molar refractivity (Wildman–Crippen MR) is 194 cm³/mol. The number of rotatable bonds is 22. The number of ether oxygens (including phenoxy) is 3. The molecule has 12 heteroatoms. The molecule has 2 aromatic carbocycles. The number of methoxy groups -OCH3 is 2. The molecule has 0 bridgehead atoms. The van der Waals surface area contributed by atoms with Crippen LogP contribution in [0.5, 0.6) is 11.5 Å². The summed E-state index contributed by atoms with van der Waals surface area (Å²) in [5.41, 5.74) is 10.7. The van der Waals surface area contributed by atoms with Crippen molar-refractivity contribution in [3.8, 4) is 11.5 Å². The summed E-state index contributed by atoms with van der Waals surface area (Å²) < 4.78 is 42.7. The van der Waals surface area contributed by atoms with Crippen LogP contribution in [-0.4, -0.2) is 71.3 Å². The van der Waals surface area contributed by atoms with Crippen LogP contribution in [-0.2, 0) is 25.8 Å². The van der Waals surface area contributed by atoms with Gasteiger partial charge in [-0.2, -0.15) is 0 Å². The number of amides is 1. The average Bonchev–Trinajstić information content (AvgIpc) is 3.03. The van der Waals surface area contributed by atoms with Crippen LogP contribution < -0.4 is 14.8 Å². The van der Waals surface area contributed by atoms with Crippen molar-refractivity contribution in [3.05, 3.63) is 64.0 Å². The highest BCUT2D eigenvalue weighted by atomic mass is 32.2. The standard InChI is InChI=1S/C37H58N4O7S/c1-25(2)29(19-28-13-16-34(47-9)35(20-28)48-18-10-17-46-8)21-32(40-41-38)33(42)22-31(26(3)4)36(43)39-23-37(6,7)24-49(44,45)30-14-11-27(5)12-15-30/h11-16,20,25-26,29,31-33,42H,10,17-19,21-24H2,1-9H3,(H,39,43)/t29-,31-,32-,33-/m0/s1. The number of hydrogen-bond donors (Lipinski definition) is 2. The fourth-order valence-electron chi connectivity index (χ4n) is 5.85. The predicted octanol–water partition coefficient (Wildman–Crippen LogP) is 6.94. The van der Waals surface area contributed by atoms with E-state index in [1.165, 1.54) is 0 Å². The number of sulfone groups is 1. The zero-order chi connectivity index (χ0) is 36.8. The number of carbonyl (C=O) groups is 1. The summed E-state index contributed by atoms with van der Waals surface area (Å²) in [4.78, 5) is 16.8. The van der Waals surface area contributed by atoms with E-state index in [1.807, 2.05) is 39.0 Å². The number of nitrogens with one attached hydrogen (secondary N) is 1. The lowest BCUT2D eigenvalue weighted by atomic mass is 9.80. The Hall–Kier alpha value is -3.31. The molecule has 0 saturated heterocycles. The molecule has 2 aromatic rings. The van der Waals surface area contributed by atoms with Crippen molar-refractivity contribution < 1.29 is 32.5 Å². The first kappa shape index (κ1) is 41.9. The number of azide groups is 1. The first-order chi connectivity index (χ1) is 23.0. The molecule has 0 saturated carbocycles. The highest BCUT2D eigenvalue weighted by Crippen LogP contribution is 2.33. The quantitative estimate of drug-likeness (QED) is 0.0582. The Morgan fingerprint density at radius 1 is 1.00 bits per heavy atom. The van der Waals surface area contributed by atoms with E-state index in [2.05, 4.69) is 29.2 Å². The van der Waals surface area contributed by atoms with E-state index in [9.17, 15) is 23.8 Å². The van der Waals surface area contributed by atoms with Gasteiger partial charge in [-0.3, -0.25) is 4.79 Å². The van der Waals surface area contributed by atoms with Crippen LogP contribution in [0.15, 0.2) is 52.5 Å². The normalized spacial score (nSPS) is 14.5. The van der Waals surface area contributed by atoms with Gasteiger partial charge in [-0.1, -0.05) is 70.4 Å². The van der Waals surface area contributed by atoms with Gasteiger partial charge in [0.2, 0.25) is 5.91 Å². The molecule has 0 unspecified atom stereocenters. The largest absolute Gasteiger partial charge is 0.493 e. The lowest BCUT2D eigenvalue weighted by Gasteiger charge is -2.31. The maximum atomic E-state index is 13.5. The summed E-state index contributed by atoms with van der Waals surface area (Å²) in [7, 11) is -0.315. The van der Waals surface area contributed by atoms with Gasteiger partial charge in [-0.25, -0.2) is 8.42 Å². The zero-order valence-corrected chi connectivity index (χ0v) is 31.6. The van der Waals surface area contributed by atoms with Crippen molar-refractivity contribution in [3.63, 3.8) is 0 Å². The van der Waals surface area contributed by atoms with Gasteiger partial charge in [0.1, 0.15) is 0 Å². The Kier molecular flexibility index (Phi) is 16.9. The van der Waals surface area contributed by atoms with Gasteiger partial charge in [0.15, 0.2) is 21.3 Å². The summed E-state index contributed by atoms with van der Waals surface area (Å²) in [5, 5.41) is 18.4. The summed E-state index contributed by atoms with van der Waals surface area (Å²) in [5.74, 6) is 0.443. The van der Waals surface area contributed by atoms with E-state index in [4.69, 9.17) is 14.2 Å². The molecular weight excluding hydrogens is 644 g/mol. The molecule has 0 aliphatic rings. The molecule has 0 aromatic heterocycles. The minimum Gasteiger partial charge on any atom is -0.493 e. The molecule has 4 atom stereocenters. The number of aliphatic hydroxyl groups is 1. The van der Waals surface area contributed by atoms with Crippen LogP contribution in [0.3, 0.4) is 0 Å². The molecule has 274 valence electrons. The van der Waals surface area contributed by atoms with Gasteiger partial charge in [-0.15, -0.1) is 0 Å². The third-order valence-corrected chi connectivity index (χ3v) is 11.1. The molecule has 2 rings (SSSR count). The molecule has 0 heterocycles. The lowest BCUT2D eigenvalue weighted by Crippen LogP contribution is -2.43. The molecule has 11 nitrogen and oxygen atoms in total. The minimum absolute atomic E-state index is 0.0579. The highest BCUT2D eigenvalue weighted by Gasteiger charge is 2.33. The molecule has 1 amide bonds. The van der Waals surface area contributed by atoms with Crippen LogP contribution in [0.4, 0.5) is 0 Å². The Morgan fingerprint density at radius 2 is 1.67 bits per heavy atom. The number of hydrogen-bond acceptors (Lipinski definition) is 8. The van der Waals surface area contributed by atoms with Crippen LogP contribution in [0.2, 0.25) is 0 Å². The van der Waals surface area contributed by atoms with E-state index in [-0.39, 0.29) is 47.3 Å².